The van der Waals surface area contributed by atoms with Gasteiger partial charge in [0, 0.05) is 0 Å². The van der Waals surface area contributed by atoms with Gasteiger partial charge < -0.3 is 15.2 Å². The van der Waals surface area contributed by atoms with Gasteiger partial charge in [0.1, 0.15) is 5.57 Å². The molecule has 1 aromatic carbocycles. The highest BCUT2D eigenvalue weighted by Crippen LogP contribution is 2.28. The number of halogens is 6. The minimum atomic E-state index is -4.18. The Hall–Kier alpha value is -2.56. The Morgan fingerprint density at radius 2 is 1.70 bits per heavy atom. The molecule has 1 rings (SSSR count). The number of hydrogen-bond donors (Lipinski definition) is 1. The average Bonchev–Trinajstić information content (AvgIpc) is 2.59. The highest BCUT2D eigenvalue weighted by molar-refractivity contribution is 6.24. The summed E-state index contributed by atoms with van der Waals surface area (Å²) in [5.74, 6) is -7.53. The topological polar surface area (TPSA) is 78.6 Å². The molecule has 0 radical (unpaired) electrons. The molecular weight excluding hydrogens is 384 g/mol. The molecule has 0 atom stereocenters. The van der Waals surface area contributed by atoms with Crippen LogP contribution in [0.5, 0.6) is 5.75 Å². The number of nitrogens with two attached hydrogens (primary N) is 1. The van der Waals surface area contributed by atoms with E-state index in [9.17, 15) is 35.9 Å². The number of allylic oxidation sites excluding steroid dienone is 1. The van der Waals surface area contributed by atoms with E-state index < -0.39 is 58.8 Å². The predicted molar refractivity (Wildman–Crippen MR) is 82.7 cm³/mol. The lowest BCUT2D eigenvalue weighted by Gasteiger charge is -2.10. The van der Waals surface area contributed by atoms with Crippen LogP contribution in [0.1, 0.15) is 24.2 Å². The van der Waals surface area contributed by atoms with E-state index in [1.807, 2.05) is 0 Å². The smallest absolute Gasteiger partial charge is 0.400 e. The number of methoxy groups -OCH3 is 1. The van der Waals surface area contributed by atoms with Crippen molar-refractivity contribution >= 4 is 11.8 Å². The summed E-state index contributed by atoms with van der Waals surface area (Å²) in [4.78, 5) is 23.7. The summed E-state index contributed by atoms with van der Waals surface area (Å²) in [6.07, 6.45) is -3.08. The summed E-state index contributed by atoms with van der Waals surface area (Å²) in [6, 6.07) is 0.373. The molecule has 11 heteroatoms. The van der Waals surface area contributed by atoms with E-state index in [1.165, 1.54) is 13.8 Å². The maximum Gasteiger partial charge on any atom is 0.400 e. The second kappa shape index (κ2) is 10.6. The van der Waals surface area contributed by atoms with Crippen molar-refractivity contribution < 1.29 is 45.4 Å². The summed E-state index contributed by atoms with van der Waals surface area (Å²) in [5.41, 5.74) is 2.88. The lowest BCUT2D eigenvalue weighted by Crippen LogP contribution is -2.21. The minimum Gasteiger partial charge on any atom is -0.491 e. The van der Waals surface area contributed by atoms with Crippen LogP contribution in [-0.2, 0) is 9.53 Å². The van der Waals surface area contributed by atoms with Crippen molar-refractivity contribution in [2.45, 2.75) is 20.0 Å². The van der Waals surface area contributed by atoms with Crippen LogP contribution in [0.25, 0.3) is 0 Å². The number of ether oxygens (including phenoxy) is 2. The summed E-state index contributed by atoms with van der Waals surface area (Å²) in [6.45, 7) is 1.66. The van der Waals surface area contributed by atoms with Gasteiger partial charge in [-0.2, -0.15) is 17.6 Å². The molecule has 0 saturated heterocycles. The number of benzene rings is 1. The minimum absolute atomic E-state index is 0.00698. The summed E-state index contributed by atoms with van der Waals surface area (Å²) < 4.78 is 81.7. The SMILES string of the molecule is C/C=C(\C(=O)OCC)C(=O)c1cc(F)c(F)c(OC)c1F.NCC(F)(F)F. The molecule has 0 heterocycles. The average molecular weight is 401 g/mol. The Labute approximate surface area is 150 Å². The second-order valence-electron chi connectivity index (χ2n) is 4.64. The molecule has 2 N–H and O–H groups in total. The van der Waals surface area contributed by atoms with Crippen LogP contribution < -0.4 is 10.5 Å². The third-order valence-electron chi connectivity index (χ3n) is 2.82. The lowest BCUT2D eigenvalue weighted by atomic mass is 10.0. The number of carbonyl (C=O) groups excluding carboxylic acids is 2. The molecule has 0 aliphatic rings. The highest BCUT2D eigenvalue weighted by Gasteiger charge is 2.28. The standard InChI is InChI=1S/C14H13F3O4.C2H4F3N/c1-4-7(14(19)21-5-2)12(18)8-6-9(15)11(17)13(20-3)10(8)16;3-2(4,5)1-6/h4,6H,5H2,1-3H3;1,6H2/b7-4-;. The third kappa shape index (κ3) is 6.93. The molecule has 1 aromatic rings. The summed E-state index contributed by atoms with van der Waals surface area (Å²) >= 11 is 0. The van der Waals surface area contributed by atoms with E-state index in [4.69, 9.17) is 0 Å². The number of carbonyl (C=O) groups is 2. The number of alkyl halides is 3. The van der Waals surface area contributed by atoms with Gasteiger partial charge in [-0.1, -0.05) is 6.08 Å². The Kier molecular flexibility index (Phi) is 9.55. The maximum atomic E-state index is 14.0. The van der Waals surface area contributed by atoms with Crippen molar-refractivity contribution in [2.75, 3.05) is 20.3 Å². The van der Waals surface area contributed by atoms with Crippen LogP contribution in [0.3, 0.4) is 0 Å². The van der Waals surface area contributed by atoms with Crippen molar-refractivity contribution in [3.63, 3.8) is 0 Å². The van der Waals surface area contributed by atoms with Gasteiger partial charge in [-0.3, -0.25) is 4.79 Å². The molecule has 0 amide bonds. The molecule has 0 aliphatic heterocycles. The number of esters is 1. The molecule has 5 nitrogen and oxygen atoms in total. The van der Waals surface area contributed by atoms with Crippen molar-refractivity contribution in [1.82, 2.24) is 0 Å². The van der Waals surface area contributed by atoms with Crippen molar-refractivity contribution in [2.24, 2.45) is 5.73 Å². The fourth-order valence-corrected chi connectivity index (χ4v) is 1.62. The van der Waals surface area contributed by atoms with Gasteiger partial charge in [0.15, 0.2) is 17.4 Å². The number of ketones is 1. The molecular formula is C16H17F6NO4. The Balaban J connectivity index is 0.000000972. The molecule has 0 aromatic heterocycles. The van der Waals surface area contributed by atoms with E-state index in [-0.39, 0.29) is 6.61 Å². The largest absolute Gasteiger partial charge is 0.491 e. The van der Waals surface area contributed by atoms with Crippen LogP contribution in [0.4, 0.5) is 26.3 Å². The van der Waals surface area contributed by atoms with E-state index >= 15 is 0 Å². The van der Waals surface area contributed by atoms with Crippen LogP contribution >= 0.6 is 0 Å². The Bertz CT molecular complexity index is 716. The maximum absolute atomic E-state index is 14.0. The van der Waals surface area contributed by atoms with Gasteiger partial charge >= 0.3 is 12.1 Å². The lowest BCUT2D eigenvalue weighted by molar-refractivity contribution is -0.138. The van der Waals surface area contributed by atoms with E-state index in [2.05, 4.69) is 15.2 Å². The zero-order valence-corrected chi connectivity index (χ0v) is 14.5. The fourth-order valence-electron chi connectivity index (χ4n) is 1.62. The first-order valence-corrected chi connectivity index (χ1v) is 7.31. The molecule has 0 saturated carbocycles. The van der Waals surface area contributed by atoms with E-state index in [0.717, 1.165) is 13.2 Å². The summed E-state index contributed by atoms with van der Waals surface area (Å²) in [5, 5.41) is 0. The third-order valence-corrected chi connectivity index (χ3v) is 2.82. The van der Waals surface area contributed by atoms with Crippen LogP contribution in [0.2, 0.25) is 0 Å². The monoisotopic (exact) mass is 401 g/mol. The molecule has 0 aliphatic carbocycles. The zero-order chi connectivity index (χ0) is 21.4. The van der Waals surface area contributed by atoms with E-state index in [1.54, 1.807) is 0 Å². The normalized spacial score (nSPS) is 11.4. The molecule has 0 fully saturated rings. The van der Waals surface area contributed by atoms with Crippen molar-refractivity contribution in [3.05, 3.63) is 40.7 Å². The number of rotatable bonds is 5. The molecule has 0 unspecified atom stereocenters. The van der Waals surface area contributed by atoms with Gasteiger partial charge in [0.25, 0.3) is 0 Å². The first-order valence-electron chi connectivity index (χ1n) is 7.31. The Morgan fingerprint density at radius 1 is 1.19 bits per heavy atom. The van der Waals surface area contributed by atoms with Crippen LogP contribution in [0, 0.1) is 17.5 Å². The molecule has 0 bridgehead atoms. The quantitative estimate of drug-likeness (QED) is 0.156. The van der Waals surface area contributed by atoms with Crippen molar-refractivity contribution in [3.8, 4) is 5.75 Å². The van der Waals surface area contributed by atoms with Gasteiger partial charge in [0.05, 0.1) is 25.8 Å². The summed E-state index contributed by atoms with van der Waals surface area (Å²) in [7, 11) is 0.928. The number of hydrogen-bond acceptors (Lipinski definition) is 5. The molecule has 0 spiro atoms. The van der Waals surface area contributed by atoms with Crippen molar-refractivity contribution in [1.29, 1.82) is 0 Å². The predicted octanol–water partition coefficient (Wildman–Crippen LogP) is 3.31. The Morgan fingerprint density at radius 3 is 2.07 bits per heavy atom. The van der Waals surface area contributed by atoms with Gasteiger partial charge in [-0.25, -0.2) is 13.6 Å². The first kappa shape index (κ1) is 24.4. The second-order valence-corrected chi connectivity index (χ2v) is 4.64. The van der Waals surface area contributed by atoms with Gasteiger partial charge in [-0.15, -0.1) is 0 Å². The zero-order valence-electron chi connectivity index (χ0n) is 14.5. The van der Waals surface area contributed by atoms with Crippen LogP contribution in [-0.4, -0.2) is 38.2 Å². The fraction of sp³-hybridized carbons (Fsp3) is 0.375. The highest BCUT2D eigenvalue weighted by atomic mass is 19.4. The van der Waals surface area contributed by atoms with Gasteiger partial charge in [0.2, 0.25) is 11.6 Å². The van der Waals surface area contributed by atoms with Crippen LogP contribution in [0.15, 0.2) is 17.7 Å². The van der Waals surface area contributed by atoms with Gasteiger partial charge in [-0.05, 0) is 19.9 Å². The number of Topliss-reactive ketones (excluding diaryl/α,β-unsaturated/α-hetero) is 1. The molecule has 152 valence electrons. The van der Waals surface area contributed by atoms with E-state index in [0.29, 0.717) is 6.07 Å². The first-order chi connectivity index (χ1) is 12.4. The molecule has 27 heavy (non-hydrogen) atoms.